The second kappa shape index (κ2) is 6.17. The van der Waals surface area contributed by atoms with E-state index in [9.17, 15) is 16.8 Å². The summed E-state index contributed by atoms with van der Waals surface area (Å²) >= 11 is 0. The maximum atomic E-state index is 11.5. The maximum absolute atomic E-state index is 11.5. The number of rotatable bonds is 7. The quantitative estimate of drug-likeness (QED) is 0.545. The predicted molar refractivity (Wildman–Crippen MR) is 66.3 cm³/mol. The molecule has 8 heteroatoms. The first-order valence-electron chi connectivity index (χ1n) is 5.10. The highest BCUT2D eigenvalue weighted by Gasteiger charge is 2.13. The summed E-state index contributed by atoms with van der Waals surface area (Å²) in [5.41, 5.74) is 0. The Balaban J connectivity index is 2.42. The largest absolute Gasteiger partial charge is 0.382 e. The van der Waals surface area contributed by atoms with Crippen molar-refractivity contribution < 1.29 is 25.2 Å². The van der Waals surface area contributed by atoms with E-state index in [1.165, 1.54) is 12.1 Å². The fraction of sp³-hybridized carbons (Fsp3) is 0.400. The molecule has 0 aliphatic rings. The second-order valence-corrected chi connectivity index (χ2v) is 6.87. The third-order valence-electron chi connectivity index (χ3n) is 1.80. The smallest absolute Gasteiger partial charge is 0.309 e. The molecule has 1 aromatic rings. The first kappa shape index (κ1) is 14.9. The van der Waals surface area contributed by atoms with Gasteiger partial charge in [-0.25, -0.2) is 0 Å². The van der Waals surface area contributed by atoms with Gasteiger partial charge in [0.25, 0.3) is 10.1 Å². The molecule has 1 aromatic carbocycles. The zero-order valence-corrected chi connectivity index (χ0v) is 11.4. The lowest BCUT2D eigenvalue weighted by molar-refractivity contribution is 0.320. The summed E-state index contributed by atoms with van der Waals surface area (Å²) < 4.78 is 53.5. The summed E-state index contributed by atoms with van der Waals surface area (Å²) in [6, 6.07) is 8.07. The average Bonchev–Trinajstić information content (AvgIpc) is 2.24. The van der Waals surface area contributed by atoms with Crippen LogP contribution in [0.2, 0.25) is 0 Å². The van der Waals surface area contributed by atoms with Crippen LogP contribution in [0.25, 0.3) is 0 Å². The van der Waals surface area contributed by atoms with Crippen LogP contribution in [0.4, 0.5) is 0 Å². The normalized spacial score (nSPS) is 12.3. The van der Waals surface area contributed by atoms with E-state index in [1.807, 2.05) is 0 Å². The summed E-state index contributed by atoms with van der Waals surface area (Å²) in [5, 5.41) is 0. The van der Waals surface area contributed by atoms with Gasteiger partial charge in [0.2, 0.25) is 0 Å². The van der Waals surface area contributed by atoms with E-state index >= 15 is 0 Å². The molecule has 1 rings (SSSR count). The molecule has 0 bridgehead atoms. The lowest BCUT2D eigenvalue weighted by Crippen LogP contribution is -2.16. The molecule has 0 atom stereocenters. The first-order valence-corrected chi connectivity index (χ1v) is 8.49. The van der Waals surface area contributed by atoms with Crippen LogP contribution >= 0.6 is 0 Å². The van der Waals surface area contributed by atoms with Gasteiger partial charge in [0.15, 0.2) is 0 Å². The minimum atomic E-state index is -3.73. The number of hydrogen-bond acceptors (Lipinski definition) is 6. The highest BCUT2D eigenvalue weighted by Crippen LogP contribution is 2.12. The predicted octanol–water partition coefficient (Wildman–Crippen LogP) is 0.761. The van der Waals surface area contributed by atoms with Gasteiger partial charge in [-0.15, -0.1) is 0 Å². The van der Waals surface area contributed by atoms with Crippen LogP contribution in [-0.4, -0.2) is 35.5 Å². The molecule has 18 heavy (non-hydrogen) atoms. The van der Waals surface area contributed by atoms with Crippen molar-refractivity contribution in [2.24, 2.45) is 0 Å². The van der Waals surface area contributed by atoms with Gasteiger partial charge < -0.3 is 4.18 Å². The van der Waals surface area contributed by atoms with Crippen molar-refractivity contribution in [3.63, 3.8) is 0 Å². The molecular formula is C10H14O6S2. The van der Waals surface area contributed by atoms with Gasteiger partial charge in [-0.05, 0) is 18.6 Å². The van der Waals surface area contributed by atoms with Crippen LogP contribution in [0.15, 0.2) is 30.3 Å². The van der Waals surface area contributed by atoms with Crippen molar-refractivity contribution in [1.29, 1.82) is 0 Å². The third-order valence-corrected chi connectivity index (χ3v) is 3.63. The topological polar surface area (TPSA) is 86.7 Å². The van der Waals surface area contributed by atoms with Crippen LogP contribution in [0.1, 0.15) is 6.42 Å². The molecule has 0 spiro atoms. The van der Waals surface area contributed by atoms with Crippen LogP contribution in [0.5, 0.6) is 5.75 Å². The van der Waals surface area contributed by atoms with Gasteiger partial charge in [0, 0.05) is 0 Å². The van der Waals surface area contributed by atoms with E-state index in [2.05, 4.69) is 4.18 Å². The maximum Gasteiger partial charge on any atom is 0.309 e. The van der Waals surface area contributed by atoms with Crippen molar-refractivity contribution >= 4 is 20.2 Å². The molecule has 6 nitrogen and oxygen atoms in total. The van der Waals surface area contributed by atoms with Crippen molar-refractivity contribution in [3.05, 3.63) is 30.3 Å². The van der Waals surface area contributed by atoms with Crippen LogP contribution in [0, 0.1) is 0 Å². The Labute approximate surface area is 107 Å². The van der Waals surface area contributed by atoms with Gasteiger partial charge >= 0.3 is 10.1 Å². The Hall–Kier alpha value is -1.12. The van der Waals surface area contributed by atoms with E-state index in [4.69, 9.17) is 4.18 Å². The molecule has 0 saturated carbocycles. The van der Waals surface area contributed by atoms with Crippen molar-refractivity contribution in [2.75, 3.05) is 18.6 Å². The van der Waals surface area contributed by atoms with Crippen LogP contribution < -0.4 is 4.18 Å². The first-order chi connectivity index (χ1) is 8.29. The zero-order valence-electron chi connectivity index (χ0n) is 9.77. The SMILES string of the molecule is CS(=O)(=O)OCCCS(=O)(=O)Oc1ccccc1. The lowest BCUT2D eigenvalue weighted by Gasteiger charge is -2.06. The fourth-order valence-corrected chi connectivity index (χ4v) is 2.49. The minimum Gasteiger partial charge on any atom is -0.382 e. The second-order valence-electron chi connectivity index (χ2n) is 3.54. The highest BCUT2D eigenvalue weighted by atomic mass is 32.2. The standard InChI is InChI=1S/C10H14O6S2/c1-17(11,12)15-8-5-9-18(13,14)16-10-6-3-2-4-7-10/h2-4,6-7H,5,8-9H2,1H3. The number of benzene rings is 1. The monoisotopic (exact) mass is 294 g/mol. The summed E-state index contributed by atoms with van der Waals surface area (Å²) in [6.07, 6.45) is 0.949. The molecular weight excluding hydrogens is 280 g/mol. The molecule has 0 amide bonds. The minimum absolute atomic E-state index is 0.0439. The summed E-state index contributed by atoms with van der Waals surface area (Å²) in [5.74, 6) is -0.0845. The highest BCUT2D eigenvalue weighted by molar-refractivity contribution is 7.87. The Kier molecular flexibility index (Phi) is 5.12. The molecule has 0 aliphatic carbocycles. The molecule has 0 fully saturated rings. The average molecular weight is 294 g/mol. The van der Waals surface area contributed by atoms with Crippen molar-refractivity contribution in [3.8, 4) is 5.75 Å². The van der Waals surface area contributed by atoms with E-state index in [1.54, 1.807) is 18.2 Å². The molecule has 0 saturated heterocycles. The zero-order chi connectivity index (χ0) is 13.6. The molecule has 0 unspecified atom stereocenters. The van der Waals surface area contributed by atoms with Crippen molar-refractivity contribution in [2.45, 2.75) is 6.42 Å². The van der Waals surface area contributed by atoms with E-state index < -0.39 is 20.2 Å². The molecule has 0 aliphatic heterocycles. The summed E-state index contributed by atoms with van der Waals surface area (Å²) in [7, 11) is -7.26. The van der Waals surface area contributed by atoms with Gasteiger partial charge in [0.05, 0.1) is 18.6 Å². The van der Waals surface area contributed by atoms with Crippen LogP contribution in [-0.2, 0) is 24.4 Å². The van der Waals surface area contributed by atoms with Gasteiger partial charge in [-0.1, -0.05) is 18.2 Å². The fourth-order valence-electron chi connectivity index (χ4n) is 1.11. The summed E-state index contributed by atoms with van der Waals surface area (Å²) in [4.78, 5) is 0. The molecule has 0 heterocycles. The van der Waals surface area contributed by atoms with Gasteiger partial charge in [-0.2, -0.15) is 16.8 Å². The van der Waals surface area contributed by atoms with E-state index in [-0.39, 0.29) is 24.5 Å². The van der Waals surface area contributed by atoms with Crippen molar-refractivity contribution in [1.82, 2.24) is 0 Å². The number of hydrogen-bond donors (Lipinski definition) is 0. The van der Waals surface area contributed by atoms with Gasteiger partial charge in [-0.3, -0.25) is 4.18 Å². The molecule has 0 radical (unpaired) electrons. The molecule has 0 N–H and O–H groups in total. The van der Waals surface area contributed by atoms with Crippen LogP contribution in [0.3, 0.4) is 0 Å². The number of para-hydroxylation sites is 1. The molecule has 0 aromatic heterocycles. The van der Waals surface area contributed by atoms with E-state index in [0.29, 0.717) is 0 Å². The molecule has 102 valence electrons. The Morgan fingerprint density at radius 2 is 1.67 bits per heavy atom. The van der Waals surface area contributed by atoms with Gasteiger partial charge in [0.1, 0.15) is 5.75 Å². The Morgan fingerprint density at radius 3 is 2.22 bits per heavy atom. The Morgan fingerprint density at radius 1 is 1.06 bits per heavy atom. The Bertz CT molecular complexity index is 562. The lowest BCUT2D eigenvalue weighted by atomic mass is 10.3. The van der Waals surface area contributed by atoms with E-state index in [0.717, 1.165) is 6.26 Å². The third kappa shape index (κ3) is 6.58. The summed E-state index contributed by atoms with van der Waals surface area (Å²) in [6.45, 7) is -0.184.